The number of rotatable bonds is 7. The van der Waals surface area contributed by atoms with Gasteiger partial charge in [0.05, 0.1) is 0 Å². The quantitative estimate of drug-likeness (QED) is 0.545. The Hall–Kier alpha value is -0.600. The average molecular weight is 223 g/mol. The van der Waals surface area contributed by atoms with Gasteiger partial charge in [0.15, 0.2) is 0 Å². The summed E-state index contributed by atoms with van der Waals surface area (Å²) >= 11 is 1.88. The van der Waals surface area contributed by atoms with E-state index in [1.165, 1.54) is 23.3 Å². The van der Waals surface area contributed by atoms with Crippen LogP contribution in [0.2, 0.25) is 0 Å². The van der Waals surface area contributed by atoms with Crippen molar-refractivity contribution < 1.29 is 0 Å². The maximum absolute atomic E-state index is 3.76. The summed E-state index contributed by atoms with van der Waals surface area (Å²) in [6.45, 7) is 5.99. The Balaban J connectivity index is 2.60. The molecule has 0 spiro atoms. The Bertz CT molecular complexity index is 290. The molecule has 1 nitrogen and oxygen atoms in total. The zero-order valence-corrected chi connectivity index (χ0v) is 10.6. The van der Waals surface area contributed by atoms with Gasteiger partial charge in [-0.25, -0.2) is 0 Å². The summed E-state index contributed by atoms with van der Waals surface area (Å²) in [7, 11) is 2.05. The van der Waals surface area contributed by atoms with E-state index < -0.39 is 0 Å². The molecule has 0 aromatic carbocycles. The standard InChI is InChI=1S/C13H21NS/c1-4-6-7-8-12(14-3)13-11(5-2)9-10-15-13/h4,9-10,12,14H,1,5-8H2,2-3H3. The van der Waals surface area contributed by atoms with Gasteiger partial charge in [-0.05, 0) is 49.7 Å². The van der Waals surface area contributed by atoms with Gasteiger partial charge in [0.2, 0.25) is 0 Å². The Labute approximate surface area is 97.2 Å². The fourth-order valence-corrected chi connectivity index (χ4v) is 2.96. The van der Waals surface area contributed by atoms with Crippen molar-refractivity contribution in [1.29, 1.82) is 0 Å². The molecule has 0 aliphatic carbocycles. The molecule has 0 saturated heterocycles. The molecule has 15 heavy (non-hydrogen) atoms. The van der Waals surface area contributed by atoms with Crippen LogP contribution in [0.3, 0.4) is 0 Å². The minimum absolute atomic E-state index is 0.528. The number of nitrogens with one attached hydrogen (secondary N) is 1. The number of unbranched alkanes of at least 4 members (excludes halogenated alkanes) is 1. The zero-order valence-electron chi connectivity index (χ0n) is 9.75. The molecule has 1 heterocycles. The van der Waals surface area contributed by atoms with Gasteiger partial charge in [0.25, 0.3) is 0 Å². The molecule has 1 N–H and O–H groups in total. The van der Waals surface area contributed by atoms with E-state index in [9.17, 15) is 0 Å². The van der Waals surface area contributed by atoms with Crippen LogP contribution in [0.4, 0.5) is 0 Å². The summed E-state index contributed by atoms with van der Waals surface area (Å²) in [6.07, 6.45) is 6.68. The van der Waals surface area contributed by atoms with Crippen LogP contribution in [0.25, 0.3) is 0 Å². The van der Waals surface area contributed by atoms with Gasteiger partial charge in [-0.3, -0.25) is 0 Å². The van der Waals surface area contributed by atoms with Crippen LogP contribution >= 0.6 is 11.3 Å². The van der Waals surface area contributed by atoms with E-state index in [0.29, 0.717) is 6.04 Å². The second kappa shape index (κ2) is 6.81. The van der Waals surface area contributed by atoms with Crippen LogP contribution in [0.5, 0.6) is 0 Å². The highest BCUT2D eigenvalue weighted by Gasteiger charge is 2.13. The van der Waals surface area contributed by atoms with Gasteiger partial charge >= 0.3 is 0 Å². The third-order valence-corrected chi connectivity index (χ3v) is 3.80. The molecule has 2 heteroatoms. The highest BCUT2D eigenvalue weighted by atomic mass is 32.1. The van der Waals surface area contributed by atoms with Gasteiger partial charge < -0.3 is 5.32 Å². The first-order chi connectivity index (χ1) is 7.33. The molecule has 1 unspecified atom stereocenters. The van der Waals surface area contributed by atoms with Crippen molar-refractivity contribution >= 4 is 11.3 Å². The molecule has 0 aliphatic rings. The fourth-order valence-electron chi connectivity index (χ4n) is 1.82. The van der Waals surface area contributed by atoms with Crippen molar-refractivity contribution in [2.75, 3.05) is 7.05 Å². The second-order valence-electron chi connectivity index (χ2n) is 3.72. The SMILES string of the molecule is C=CCCCC(NC)c1sccc1CC. The van der Waals surface area contributed by atoms with E-state index in [0.717, 1.165) is 12.8 Å². The van der Waals surface area contributed by atoms with E-state index in [1.807, 2.05) is 17.4 Å². The predicted molar refractivity (Wildman–Crippen MR) is 69.5 cm³/mol. The van der Waals surface area contributed by atoms with E-state index in [4.69, 9.17) is 0 Å². The normalized spacial score (nSPS) is 12.7. The number of hydrogen-bond donors (Lipinski definition) is 1. The highest BCUT2D eigenvalue weighted by molar-refractivity contribution is 7.10. The molecular formula is C13H21NS. The van der Waals surface area contributed by atoms with Crippen molar-refractivity contribution in [1.82, 2.24) is 5.32 Å². The molecular weight excluding hydrogens is 202 g/mol. The van der Waals surface area contributed by atoms with Crippen LogP contribution in [-0.2, 0) is 6.42 Å². The van der Waals surface area contributed by atoms with Crippen LogP contribution in [0.1, 0.15) is 42.7 Å². The molecule has 0 radical (unpaired) electrons. The van der Waals surface area contributed by atoms with Gasteiger partial charge in [0, 0.05) is 10.9 Å². The van der Waals surface area contributed by atoms with E-state index in [-0.39, 0.29) is 0 Å². The Morgan fingerprint density at radius 1 is 1.60 bits per heavy atom. The monoisotopic (exact) mass is 223 g/mol. The molecule has 1 rings (SSSR count). The van der Waals surface area contributed by atoms with Crippen molar-refractivity contribution in [3.8, 4) is 0 Å². The smallest absolute Gasteiger partial charge is 0.0415 e. The predicted octanol–water partition coefficient (Wildman–Crippen LogP) is 3.93. The zero-order chi connectivity index (χ0) is 11.1. The van der Waals surface area contributed by atoms with E-state index in [2.05, 4.69) is 37.3 Å². The largest absolute Gasteiger partial charge is 0.312 e. The summed E-state index contributed by atoms with van der Waals surface area (Å²) < 4.78 is 0. The van der Waals surface area contributed by atoms with Gasteiger partial charge in [-0.15, -0.1) is 17.9 Å². The van der Waals surface area contributed by atoms with E-state index >= 15 is 0 Å². The molecule has 0 amide bonds. The molecule has 0 saturated carbocycles. The fraction of sp³-hybridized carbons (Fsp3) is 0.538. The lowest BCUT2D eigenvalue weighted by Crippen LogP contribution is -2.16. The molecule has 0 fully saturated rings. The van der Waals surface area contributed by atoms with Gasteiger partial charge in [-0.2, -0.15) is 0 Å². The van der Waals surface area contributed by atoms with Gasteiger partial charge in [-0.1, -0.05) is 13.0 Å². The lowest BCUT2D eigenvalue weighted by Gasteiger charge is -2.15. The number of hydrogen-bond acceptors (Lipinski definition) is 2. The Morgan fingerprint density at radius 3 is 3.00 bits per heavy atom. The average Bonchev–Trinajstić information content (AvgIpc) is 2.72. The summed E-state index contributed by atoms with van der Waals surface area (Å²) in [5.74, 6) is 0. The third kappa shape index (κ3) is 3.47. The first-order valence-electron chi connectivity index (χ1n) is 5.67. The Kier molecular flexibility index (Phi) is 5.66. The Morgan fingerprint density at radius 2 is 2.40 bits per heavy atom. The first kappa shape index (κ1) is 12.5. The summed E-state index contributed by atoms with van der Waals surface area (Å²) in [6, 6.07) is 2.78. The van der Waals surface area contributed by atoms with Gasteiger partial charge in [0.1, 0.15) is 0 Å². The van der Waals surface area contributed by atoms with Crippen molar-refractivity contribution in [3.63, 3.8) is 0 Å². The topological polar surface area (TPSA) is 12.0 Å². The van der Waals surface area contributed by atoms with Crippen LogP contribution in [0.15, 0.2) is 24.1 Å². The van der Waals surface area contributed by atoms with Crippen molar-refractivity contribution in [2.45, 2.75) is 38.6 Å². The summed E-state index contributed by atoms with van der Waals surface area (Å²) in [4.78, 5) is 1.52. The lowest BCUT2D eigenvalue weighted by atomic mass is 10.0. The van der Waals surface area contributed by atoms with Crippen LogP contribution in [-0.4, -0.2) is 7.05 Å². The number of aryl methyl sites for hydroxylation is 1. The molecule has 1 atom stereocenters. The molecule has 84 valence electrons. The third-order valence-electron chi connectivity index (χ3n) is 2.73. The van der Waals surface area contributed by atoms with Crippen molar-refractivity contribution in [2.24, 2.45) is 0 Å². The molecule has 1 aromatic rings. The minimum Gasteiger partial charge on any atom is -0.312 e. The maximum atomic E-state index is 3.76. The summed E-state index contributed by atoms with van der Waals surface area (Å²) in [5.41, 5.74) is 1.50. The summed E-state index contributed by atoms with van der Waals surface area (Å²) in [5, 5.41) is 5.61. The molecule has 0 aliphatic heterocycles. The first-order valence-corrected chi connectivity index (χ1v) is 6.55. The molecule has 1 aromatic heterocycles. The van der Waals surface area contributed by atoms with E-state index in [1.54, 1.807) is 0 Å². The van der Waals surface area contributed by atoms with Crippen LogP contribution in [0, 0.1) is 0 Å². The second-order valence-corrected chi connectivity index (χ2v) is 4.67. The molecule has 0 bridgehead atoms. The minimum atomic E-state index is 0.528. The highest BCUT2D eigenvalue weighted by Crippen LogP contribution is 2.28. The van der Waals surface area contributed by atoms with Crippen LogP contribution < -0.4 is 5.32 Å². The maximum Gasteiger partial charge on any atom is 0.0415 e. The lowest BCUT2D eigenvalue weighted by molar-refractivity contribution is 0.535. The number of allylic oxidation sites excluding steroid dienone is 1. The van der Waals surface area contributed by atoms with Crippen molar-refractivity contribution in [3.05, 3.63) is 34.5 Å². The number of thiophene rings is 1.